The number of hydrogen-bond donors (Lipinski definition) is 0. The number of halogens is 6. The maximum absolute atomic E-state index is 14.0. The van der Waals surface area contributed by atoms with Gasteiger partial charge in [0.1, 0.15) is 11.6 Å². The van der Waals surface area contributed by atoms with E-state index < -0.39 is 56.1 Å². The van der Waals surface area contributed by atoms with E-state index in [9.17, 15) is 26.3 Å². The van der Waals surface area contributed by atoms with Gasteiger partial charge in [-0.05, 0) is 0 Å². The van der Waals surface area contributed by atoms with E-state index in [4.69, 9.17) is 10.5 Å². The minimum atomic E-state index is -2.00. The Morgan fingerprint density at radius 3 is 1.14 bits per heavy atom. The van der Waals surface area contributed by atoms with Gasteiger partial charge in [-0.1, -0.05) is 0 Å². The first-order chi connectivity index (χ1) is 10.4. The van der Waals surface area contributed by atoms with Crippen molar-refractivity contribution in [1.29, 1.82) is 10.5 Å². The van der Waals surface area contributed by atoms with Crippen LogP contribution in [0, 0.1) is 57.6 Å². The number of hydrogen-bond acceptors (Lipinski definition) is 2. The summed E-state index contributed by atoms with van der Waals surface area (Å²) in [5, 5.41) is 11.3. The summed E-state index contributed by atoms with van der Waals surface area (Å²) in [7, 11) is 0. The number of nitrogens with zero attached hydrogens (tertiary/aromatic N) is 2. The van der Waals surface area contributed by atoms with E-state index in [-0.39, 0.29) is 12.2 Å². The van der Waals surface area contributed by atoms with Gasteiger partial charge in [0.05, 0.1) is 33.3 Å². The number of benzene rings is 2. The number of nitriles is 2. The lowest BCUT2D eigenvalue weighted by Crippen LogP contribution is -2.22. The summed E-state index contributed by atoms with van der Waals surface area (Å²) < 4.78 is 83.0. The van der Waals surface area contributed by atoms with E-state index >= 15 is 0 Å². The molecule has 0 bridgehead atoms. The van der Waals surface area contributed by atoms with Crippen LogP contribution in [0.4, 0.5) is 26.3 Å². The quantitative estimate of drug-likeness (QED) is 0.553. The monoisotopic (exact) mass is 312 g/mol. The van der Waals surface area contributed by atoms with Gasteiger partial charge in [0.2, 0.25) is 0 Å². The summed E-state index contributed by atoms with van der Waals surface area (Å²) in [6.45, 7) is 0. The Bertz CT molecular complexity index is 928. The lowest BCUT2D eigenvalue weighted by atomic mass is 10.0. The standard InChI is InChI=1S/C14H2F6N2/c15-9-5(1-3-21)11(17)13(19)8-7(9)14(20)12(18)6(2-4-22)10(8)16/h1-2H/b5-1+,6-2+. The molecule has 0 aliphatic heterocycles. The van der Waals surface area contributed by atoms with E-state index in [1.165, 1.54) is 12.1 Å². The molecule has 2 rings (SSSR count). The molecule has 8 heteroatoms. The van der Waals surface area contributed by atoms with Gasteiger partial charge >= 0.3 is 0 Å². The fourth-order valence-corrected chi connectivity index (χ4v) is 1.93. The van der Waals surface area contributed by atoms with Crippen molar-refractivity contribution in [2.45, 2.75) is 0 Å². The van der Waals surface area contributed by atoms with Gasteiger partial charge in [0.15, 0.2) is 23.3 Å². The second kappa shape index (κ2) is 5.41. The molecule has 0 amide bonds. The molecule has 0 saturated heterocycles. The molecule has 2 nitrogen and oxygen atoms in total. The first-order valence-corrected chi connectivity index (χ1v) is 5.49. The summed E-state index contributed by atoms with van der Waals surface area (Å²) in [4.78, 5) is 0. The summed E-state index contributed by atoms with van der Waals surface area (Å²) in [6, 6.07) is 2.41. The van der Waals surface area contributed by atoms with Gasteiger partial charge in [-0.3, -0.25) is 0 Å². The van der Waals surface area contributed by atoms with Gasteiger partial charge in [-0.2, -0.15) is 10.5 Å². The van der Waals surface area contributed by atoms with Crippen molar-refractivity contribution in [2.75, 3.05) is 0 Å². The molecule has 22 heavy (non-hydrogen) atoms. The molecule has 0 radical (unpaired) electrons. The van der Waals surface area contributed by atoms with Crippen LogP contribution >= 0.6 is 0 Å². The molecule has 0 heterocycles. The van der Waals surface area contributed by atoms with Crippen LogP contribution < -0.4 is 10.4 Å². The van der Waals surface area contributed by atoms with Crippen LogP contribution in [-0.2, 0) is 0 Å². The molecular formula is C14H2F6N2. The third-order valence-electron chi connectivity index (χ3n) is 2.88. The van der Waals surface area contributed by atoms with Crippen LogP contribution in [0.25, 0.3) is 22.9 Å². The summed E-state index contributed by atoms with van der Waals surface area (Å²) in [5.41, 5.74) is 0. The van der Waals surface area contributed by atoms with Crippen molar-refractivity contribution in [3.63, 3.8) is 0 Å². The zero-order valence-electron chi connectivity index (χ0n) is 10.3. The smallest absolute Gasteiger partial charge is 0.170 e. The molecule has 0 atom stereocenters. The maximum atomic E-state index is 14.0. The van der Waals surface area contributed by atoms with Crippen LogP contribution in [0.1, 0.15) is 0 Å². The highest BCUT2D eigenvalue weighted by molar-refractivity contribution is 5.86. The molecule has 0 N–H and O–H groups in total. The van der Waals surface area contributed by atoms with E-state index in [1.54, 1.807) is 0 Å². The largest absolute Gasteiger partial charge is 0.205 e. The van der Waals surface area contributed by atoms with Crippen LogP contribution in [0.15, 0.2) is 0 Å². The Labute approximate surface area is 118 Å². The average Bonchev–Trinajstić information content (AvgIpc) is 2.49. The topological polar surface area (TPSA) is 47.6 Å². The fourth-order valence-electron chi connectivity index (χ4n) is 1.93. The molecule has 0 aliphatic rings. The van der Waals surface area contributed by atoms with Gasteiger partial charge in [-0.25, -0.2) is 26.3 Å². The Morgan fingerprint density at radius 1 is 0.545 bits per heavy atom. The van der Waals surface area contributed by atoms with E-state index in [0.717, 1.165) is 0 Å². The SMILES string of the molecule is N#C/C=c1/c(F)c(F)c2c(F)/c(=C\C#N)c(F)c(F)c2c1F. The molecule has 0 aromatic heterocycles. The van der Waals surface area contributed by atoms with Crippen LogP contribution in [0.2, 0.25) is 0 Å². The fraction of sp³-hybridized carbons (Fsp3) is 0. The normalized spacial score (nSPS) is 12.5. The second-order valence-electron chi connectivity index (χ2n) is 4.01. The highest BCUT2D eigenvalue weighted by atomic mass is 19.2. The Kier molecular flexibility index (Phi) is 3.79. The average molecular weight is 312 g/mol. The second-order valence-corrected chi connectivity index (χ2v) is 4.01. The van der Waals surface area contributed by atoms with Gasteiger partial charge in [-0.15, -0.1) is 0 Å². The lowest BCUT2D eigenvalue weighted by molar-refractivity contribution is 0.471. The summed E-state index contributed by atoms with van der Waals surface area (Å²) in [6.07, 6.45) is 0.468. The lowest BCUT2D eigenvalue weighted by Gasteiger charge is -2.08. The van der Waals surface area contributed by atoms with Crippen molar-refractivity contribution in [2.24, 2.45) is 0 Å². The van der Waals surface area contributed by atoms with Crippen molar-refractivity contribution >= 4 is 22.9 Å². The maximum Gasteiger partial charge on any atom is 0.170 e. The Balaban J connectivity index is 3.33. The highest BCUT2D eigenvalue weighted by Gasteiger charge is 2.26. The van der Waals surface area contributed by atoms with Crippen LogP contribution in [0.5, 0.6) is 0 Å². The van der Waals surface area contributed by atoms with Gasteiger partial charge in [0, 0.05) is 12.2 Å². The van der Waals surface area contributed by atoms with E-state index in [0.29, 0.717) is 0 Å². The van der Waals surface area contributed by atoms with Crippen molar-refractivity contribution in [1.82, 2.24) is 0 Å². The number of fused-ring (bicyclic) bond motifs is 1. The first kappa shape index (κ1) is 15.4. The molecule has 0 aliphatic carbocycles. The predicted molar refractivity (Wildman–Crippen MR) is 63.1 cm³/mol. The Hall–Kier alpha value is -3.00. The minimum Gasteiger partial charge on any atom is -0.205 e. The Morgan fingerprint density at radius 2 is 0.864 bits per heavy atom. The molecule has 0 unspecified atom stereocenters. The molecule has 0 saturated carbocycles. The van der Waals surface area contributed by atoms with E-state index in [1.807, 2.05) is 0 Å². The third-order valence-corrected chi connectivity index (χ3v) is 2.88. The zero-order valence-corrected chi connectivity index (χ0v) is 10.3. The van der Waals surface area contributed by atoms with Crippen LogP contribution in [0.3, 0.4) is 0 Å². The van der Waals surface area contributed by atoms with Crippen molar-refractivity contribution in [3.05, 3.63) is 45.3 Å². The molecular weight excluding hydrogens is 310 g/mol. The van der Waals surface area contributed by atoms with E-state index in [2.05, 4.69) is 0 Å². The molecule has 0 fully saturated rings. The molecule has 110 valence electrons. The van der Waals surface area contributed by atoms with Crippen molar-refractivity contribution in [3.8, 4) is 12.1 Å². The minimum absolute atomic E-state index is 0.234. The van der Waals surface area contributed by atoms with Crippen molar-refractivity contribution < 1.29 is 26.3 Å². The van der Waals surface area contributed by atoms with Crippen LogP contribution in [-0.4, -0.2) is 0 Å². The molecule has 0 spiro atoms. The molecule has 2 aromatic rings. The molecule has 2 aromatic carbocycles. The first-order valence-electron chi connectivity index (χ1n) is 5.49. The zero-order chi connectivity index (χ0) is 16.6. The van der Waals surface area contributed by atoms with Gasteiger partial charge in [0.25, 0.3) is 0 Å². The summed E-state index contributed by atoms with van der Waals surface area (Å²) >= 11 is 0. The number of rotatable bonds is 0. The summed E-state index contributed by atoms with van der Waals surface area (Å²) in [5.74, 6) is -11.5. The van der Waals surface area contributed by atoms with Gasteiger partial charge < -0.3 is 0 Å². The highest BCUT2D eigenvalue weighted by Crippen LogP contribution is 2.25. The third kappa shape index (κ3) is 1.97. The predicted octanol–water partition coefficient (Wildman–Crippen LogP) is 2.28.